The first kappa shape index (κ1) is 13.6. The Kier molecular flexibility index (Phi) is 3.34. The van der Waals surface area contributed by atoms with Crippen LogP contribution in [0.5, 0.6) is 0 Å². The number of primary amides is 1. The number of imidazole rings is 1. The predicted octanol–water partition coefficient (Wildman–Crippen LogP) is -0.431. The summed E-state index contributed by atoms with van der Waals surface area (Å²) >= 11 is 0. The third-order valence-electron chi connectivity index (χ3n) is 3.60. The van der Waals surface area contributed by atoms with Gasteiger partial charge in [0, 0.05) is 25.0 Å². The van der Waals surface area contributed by atoms with Crippen LogP contribution in [0.3, 0.4) is 0 Å². The van der Waals surface area contributed by atoms with Crippen molar-refractivity contribution in [1.29, 1.82) is 0 Å². The minimum absolute atomic E-state index is 0.0871. The smallest absolute Gasteiger partial charge is 0.274 e. The molecule has 1 aliphatic heterocycles. The second-order valence-electron chi connectivity index (χ2n) is 5.21. The number of aliphatic hydroxyl groups is 1. The van der Waals surface area contributed by atoms with Gasteiger partial charge >= 0.3 is 0 Å². The van der Waals surface area contributed by atoms with Gasteiger partial charge in [-0.2, -0.15) is 0 Å². The molecule has 0 spiro atoms. The fourth-order valence-corrected chi connectivity index (χ4v) is 2.58. The van der Waals surface area contributed by atoms with Crippen molar-refractivity contribution >= 4 is 17.5 Å². The van der Waals surface area contributed by atoms with Gasteiger partial charge in [0.05, 0.1) is 12.5 Å². The van der Waals surface area contributed by atoms with Gasteiger partial charge in [-0.1, -0.05) is 6.07 Å². The van der Waals surface area contributed by atoms with Crippen LogP contribution in [0.4, 0.5) is 0 Å². The summed E-state index contributed by atoms with van der Waals surface area (Å²) in [7, 11) is 0. The number of pyridine rings is 1. The Morgan fingerprint density at radius 1 is 1.43 bits per heavy atom. The Morgan fingerprint density at radius 2 is 2.24 bits per heavy atom. The van der Waals surface area contributed by atoms with E-state index in [0.29, 0.717) is 36.5 Å². The number of aromatic nitrogens is 2. The number of amides is 2. The van der Waals surface area contributed by atoms with Crippen LogP contribution in [0.25, 0.3) is 5.65 Å². The molecule has 0 bridgehead atoms. The first-order valence-electron chi connectivity index (χ1n) is 6.77. The third-order valence-corrected chi connectivity index (χ3v) is 3.60. The lowest BCUT2D eigenvalue weighted by Crippen LogP contribution is -2.29. The summed E-state index contributed by atoms with van der Waals surface area (Å²) in [5.41, 5.74) is 6.81. The monoisotopic (exact) mass is 288 g/mol. The lowest BCUT2D eigenvalue weighted by atomic mass is 10.2. The molecule has 1 fully saturated rings. The SMILES string of the molecule is NC(=O)Cc1cccc2nc(C(=O)N3CC[C@H](O)C3)cn12. The number of likely N-dealkylation sites (tertiary alicyclic amines) is 1. The molecule has 7 heteroatoms. The van der Waals surface area contributed by atoms with Gasteiger partial charge in [0.25, 0.3) is 5.91 Å². The summed E-state index contributed by atoms with van der Waals surface area (Å²) in [5.74, 6) is -0.646. The predicted molar refractivity (Wildman–Crippen MR) is 74.6 cm³/mol. The van der Waals surface area contributed by atoms with E-state index in [1.807, 2.05) is 0 Å². The minimum atomic E-state index is -0.462. The number of fused-ring (bicyclic) bond motifs is 1. The Hall–Kier alpha value is -2.41. The Balaban J connectivity index is 1.93. The summed E-state index contributed by atoms with van der Waals surface area (Å²) in [6.45, 7) is 0.864. The minimum Gasteiger partial charge on any atom is -0.391 e. The maximum absolute atomic E-state index is 12.3. The van der Waals surface area contributed by atoms with Crippen molar-refractivity contribution in [3.8, 4) is 0 Å². The molecule has 1 atom stereocenters. The van der Waals surface area contributed by atoms with Gasteiger partial charge < -0.3 is 20.1 Å². The maximum Gasteiger partial charge on any atom is 0.274 e. The van der Waals surface area contributed by atoms with Crippen LogP contribution < -0.4 is 5.73 Å². The van der Waals surface area contributed by atoms with Gasteiger partial charge in [0.15, 0.2) is 0 Å². The zero-order valence-electron chi connectivity index (χ0n) is 11.4. The highest BCUT2D eigenvalue weighted by atomic mass is 16.3. The number of hydrogen-bond acceptors (Lipinski definition) is 4. The van der Waals surface area contributed by atoms with Crippen LogP contribution in [0, 0.1) is 0 Å². The van der Waals surface area contributed by atoms with E-state index in [0.717, 1.165) is 0 Å². The average molecular weight is 288 g/mol. The molecule has 3 heterocycles. The molecule has 0 unspecified atom stereocenters. The highest BCUT2D eigenvalue weighted by Crippen LogP contribution is 2.15. The summed E-state index contributed by atoms with van der Waals surface area (Å²) in [5, 5.41) is 9.51. The molecule has 2 aromatic rings. The zero-order chi connectivity index (χ0) is 15.0. The molecular weight excluding hydrogens is 272 g/mol. The molecule has 0 aromatic carbocycles. The second kappa shape index (κ2) is 5.17. The Bertz CT molecular complexity index is 709. The second-order valence-corrected chi connectivity index (χ2v) is 5.21. The van der Waals surface area contributed by atoms with E-state index in [4.69, 9.17) is 5.73 Å². The molecule has 0 radical (unpaired) electrons. The first-order valence-corrected chi connectivity index (χ1v) is 6.77. The van der Waals surface area contributed by atoms with Gasteiger partial charge in [-0.25, -0.2) is 4.98 Å². The molecule has 21 heavy (non-hydrogen) atoms. The normalized spacial score (nSPS) is 18.3. The van der Waals surface area contributed by atoms with E-state index in [1.54, 1.807) is 33.7 Å². The van der Waals surface area contributed by atoms with E-state index in [2.05, 4.69) is 4.98 Å². The molecule has 110 valence electrons. The molecule has 2 aromatic heterocycles. The van der Waals surface area contributed by atoms with Crippen LogP contribution in [0.2, 0.25) is 0 Å². The number of carbonyl (C=O) groups excluding carboxylic acids is 2. The fourth-order valence-electron chi connectivity index (χ4n) is 2.58. The molecule has 1 saturated heterocycles. The van der Waals surface area contributed by atoms with Crippen molar-refractivity contribution in [3.05, 3.63) is 35.8 Å². The number of β-amino-alcohol motifs (C(OH)–C–C–N with tert-alkyl or cyclic N) is 1. The van der Waals surface area contributed by atoms with Crippen molar-refractivity contribution in [2.75, 3.05) is 13.1 Å². The van der Waals surface area contributed by atoms with Gasteiger partial charge in [0.2, 0.25) is 5.91 Å². The number of nitrogens with zero attached hydrogens (tertiary/aromatic N) is 3. The topological polar surface area (TPSA) is 101 Å². The number of aliphatic hydroxyl groups excluding tert-OH is 1. The fraction of sp³-hybridized carbons (Fsp3) is 0.357. The molecule has 3 N–H and O–H groups in total. The van der Waals surface area contributed by atoms with E-state index < -0.39 is 12.0 Å². The standard InChI is InChI=1S/C14H16N4O3/c15-12(20)6-9-2-1-3-13-16-11(8-18(9)13)14(21)17-5-4-10(19)7-17/h1-3,8,10,19H,4-7H2,(H2,15,20)/t10-/m0/s1. The van der Waals surface area contributed by atoms with Crippen LogP contribution in [0.15, 0.2) is 24.4 Å². The summed E-state index contributed by atoms with van der Waals surface area (Å²) in [6, 6.07) is 5.31. The van der Waals surface area contributed by atoms with Gasteiger partial charge in [-0.3, -0.25) is 9.59 Å². The van der Waals surface area contributed by atoms with E-state index >= 15 is 0 Å². The van der Waals surface area contributed by atoms with Gasteiger partial charge in [-0.05, 0) is 18.6 Å². The lowest BCUT2D eigenvalue weighted by molar-refractivity contribution is -0.117. The van der Waals surface area contributed by atoms with Crippen molar-refractivity contribution in [1.82, 2.24) is 14.3 Å². The number of rotatable bonds is 3. The molecule has 1 aliphatic rings. The lowest BCUT2D eigenvalue weighted by Gasteiger charge is -2.13. The van der Waals surface area contributed by atoms with Gasteiger partial charge in [-0.15, -0.1) is 0 Å². The average Bonchev–Trinajstić information content (AvgIpc) is 3.04. The van der Waals surface area contributed by atoms with Crippen molar-refractivity contribution in [3.63, 3.8) is 0 Å². The van der Waals surface area contributed by atoms with Crippen LogP contribution >= 0.6 is 0 Å². The number of hydrogen-bond donors (Lipinski definition) is 2. The van der Waals surface area contributed by atoms with Crippen LogP contribution in [-0.2, 0) is 11.2 Å². The van der Waals surface area contributed by atoms with Crippen LogP contribution in [-0.4, -0.2) is 50.4 Å². The molecule has 7 nitrogen and oxygen atoms in total. The largest absolute Gasteiger partial charge is 0.391 e. The molecule has 0 saturated carbocycles. The maximum atomic E-state index is 12.3. The summed E-state index contributed by atoms with van der Waals surface area (Å²) in [6.07, 6.45) is 1.83. The Morgan fingerprint density at radius 3 is 2.90 bits per heavy atom. The van der Waals surface area contributed by atoms with E-state index in [-0.39, 0.29) is 12.3 Å². The molecule has 2 amide bonds. The Labute approximate surface area is 121 Å². The number of nitrogens with two attached hydrogens (primary N) is 1. The van der Waals surface area contributed by atoms with Gasteiger partial charge in [0.1, 0.15) is 11.3 Å². The molecule has 0 aliphatic carbocycles. The quantitative estimate of drug-likeness (QED) is 0.800. The number of carbonyl (C=O) groups is 2. The van der Waals surface area contributed by atoms with E-state index in [9.17, 15) is 14.7 Å². The summed E-state index contributed by atoms with van der Waals surface area (Å²) < 4.78 is 1.70. The van der Waals surface area contributed by atoms with Crippen molar-refractivity contribution < 1.29 is 14.7 Å². The molecular formula is C14H16N4O3. The van der Waals surface area contributed by atoms with Crippen molar-refractivity contribution in [2.45, 2.75) is 18.9 Å². The van der Waals surface area contributed by atoms with Crippen molar-refractivity contribution in [2.24, 2.45) is 5.73 Å². The first-order chi connectivity index (χ1) is 10.0. The third kappa shape index (κ3) is 2.59. The molecule has 3 rings (SSSR count). The van der Waals surface area contributed by atoms with Crippen LogP contribution in [0.1, 0.15) is 22.6 Å². The highest BCUT2D eigenvalue weighted by molar-refractivity contribution is 5.93. The highest BCUT2D eigenvalue weighted by Gasteiger charge is 2.27. The van der Waals surface area contributed by atoms with E-state index in [1.165, 1.54) is 0 Å². The summed E-state index contributed by atoms with van der Waals surface area (Å²) in [4.78, 5) is 29.3. The zero-order valence-corrected chi connectivity index (χ0v) is 11.4.